The number of anilines is 1. The average molecular weight is 411 g/mol. The number of halogens is 4. The summed E-state index contributed by atoms with van der Waals surface area (Å²) in [6.07, 6.45) is -4.75. The fourth-order valence-electron chi connectivity index (χ4n) is 2.56. The zero-order valence-electron chi connectivity index (χ0n) is 14.7. The van der Waals surface area contributed by atoms with E-state index in [2.05, 4.69) is 15.4 Å². The van der Waals surface area contributed by atoms with Crippen LogP contribution in [0.25, 0.3) is 0 Å². The third-order valence-corrected chi connectivity index (χ3v) is 3.79. The SMILES string of the molecule is CNCC(=O)N1CCN(CC(=O)Nc2ccc(OC(F)(F)F)cc2)CC1.Cl. The molecule has 1 aromatic carbocycles. The Balaban J connectivity index is 0.00000364. The second kappa shape index (κ2) is 10.3. The summed E-state index contributed by atoms with van der Waals surface area (Å²) < 4.78 is 40.1. The standard InChI is InChI=1S/C16H21F3N4O3.ClH/c1-20-10-15(25)23-8-6-22(7-9-23)11-14(24)21-12-2-4-13(5-3-12)26-16(17,18)19;/h2-5,20H,6-11H2,1H3,(H,21,24);1H. The normalized spacial score (nSPS) is 15.0. The molecule has 0 radical (unpaired) electrons. The van der Waals surface area contributed by atoms with Gasteiger partial charge < -0.3 is 20.3 Å². The number of amides is 2. The van der Waals surface area contributed by atoms with Crippen LogP contribution in [0.15, 0.2) is 24.3 Å². The molecule has 7 nitrogen and oxygen atoms in total. The van der Waals surface area contributed by atoms with Crippen LogP contribution >= 0.6 is 12.4 Å². The first-order valence-corrected chi connectivity index (χ1v) is 8.07. The highest BCUT2D eigenvalue weighted by molar-refractivity contribution is 5.92. The van der Waals surface area contributed by atoms with E-state index in [9.17, 15) is 22.8 Å². The number of alkyl halides is 3. The Hall–Kier alpha value is -2.04. The van der Waals surface area contributed by atoms with Crippen LogP contribution < -0.4 is 15.4 Å². The highest BCUT2D eigenvalue weighted by Gasteiger charge is 2.31. The Morgan fingerprint density at radius 3 is 2.22 bits per heavy atom. The molecule has 0 atom stereocenters. The molecule has 1 heterocycles. The van der Waals surface area contributed by atoms with E-state index in [1.807, 2.05) is 4.90 Å². The Labute approximate surface area is 161 Å². The summed E-state index contributed by atoms with van der Waals surface area (Å²) >= 11 is 0. The minimum atomic E-state index is -4.75. The summed E-state index contributed by atoms with van der Waals surface area (Å²) in [6, 6.07) is 4.95. The van der Waals surface area contributed by atoms with Crippen LogP contribution in [0.4, 0.5) is 18.9 Å². The maximum atomic E-state index is 12.1. The number of nitrogens with zero attached hydrogens (tertiary/aromatic N) is 2. The molecule has 1 fully saturated rings. The molecule has 0 saturated carbocycles. The molecule has 11 heteroatoms. The number of benzene rings is 1. The molecule has 27 heavy (non-hydrogen) atoms. The quantitative estimate of drug-likeness (QED) is 0.739. The number of ether oxygens (including phenoxy) is 1. The van der Waals surface area contributed by atoms with Gasteiger partial charge in [-0.15, -0.1) is 25.6 Å². The van der Waals surface area contributed by atoms with Gasteiger partial charge >= 0.3 is 6.36 Å². The summed E-state index contributed by atoms with van der Waals surface area (Å²) in [5, 5.41) is 5.44. The van der Waals surface area contributed by atoms with Gasteiger partial charge in [-0.05, 0) is 31.3 Å². The van der Waals surface area contributed by atoms with E-state index in [4.69, 9.17) is 0 Å². The highest BCUT2D eigenvalue weighted by Crippen LogP contribution is 2.23. The molecule has 0 bridgehead atoms. The van der Waals surface area contributed by atoms with Gasteiger partial charge in [-0.1, -0.05) is 0 Å². The molecule has 2 amide bonds. The zero-order valence-corrected chi connectivity index (χ0v) is 15.5. The summed E-state index contributed by atoms with van der Waals surface area (Å²) in [5.41, 5.74) is 0.382. The second-order valence-electron chi connectivity index (χ2n) is 5.81. The Morgan fingerprint density at radius 1 is 1.11 bits per heavy atom. The van der Waals surface area contributed by atoms with Gasteiger partial charge in [0.05, 0.1) is 13.1 Å². The molecule has 2 N–H and O–H groups in total. The molecule has 0 spiro atoms. The van der Waals surface area contributed by atoms with E-state index in [-0.39, 0.29) is 43.1 Å². The molecule has 0 aromatic heterocycles. The first-order valence-electron chi connectivity index (χ1n) is 8.07. The predicted molar refractivity (Wildman–Crippen MR) is 95.9 cm³/mol. The molecule has 0 unspecified atom stereocenters. The van der Waals surface area contributed by atoms with Crippen LogP contribution in [0.3, 0.4) is 0 Å². The van der Waals surface area contributed by atoms with Crippen molar-refractivity contribution in [3.8, 4) is 5.75 Å². The first kappa shape index (κ1) is 23.0. The number of piperazine rings is 1. The fraction of sp³-hybridized carbons (Fsp3) is 0.500. The molecule has 1 aliphatic heterocycles. The number of hydrogen-bond acceptors (Lipinski definition) is 5. The smallest absolute Gasteiger partial charge is 0.406 e. The van der Waals surface area contributed by atoms with Crippen LogP contribution in [0.1, 0.15) is 0 Å². The zero-order chi connectivity index (χ0) is 19.2. The van der Waals surface area contributed by atoms with Crippen molar-refractivity contribution in [2.45, 2.75) is 6.36 Å². The number of carbonyl (C=O) groups excluding carboxylic acids is 2. The van der Waals surface area contributed by atoms with E-state index in [1.54, 1.807) is 11.9 Å². The number of carbonyl (C=O) groups is 2. The molecule has 1 aromatic rings. The van der Waals surface area contributed by atoms with Gasteiger partial charge in [0.1, 0.15) is 5.75 Å². The molecular weight excluding hydrogens is 389 g/mol. The van der Waals surface area contributed by atoms with Gasteiger partial charge in [0.2, 0.25) is 11.8 Å². The van der Waals surface area contributed by atoms with E-state index < -0.39 is 6.36 Å². The topological polar surface area (TPSA) is 73.9 Å². The minimum absolute atomic E-state index is 0. The Bertz CT molecular complexity index is 620. The number of likely N-dealkylation sites (N-methyl/N-ethyl adjacent to an activating group) is 1. The van der Waals surface area contributed by atoms with E-state index in [0.29, 0.717) is 31.9 Å². The summed E-state index contributed by atoms with van der Waals surface area (Å²) in [7, 11) is 1.71. The van der Waals surface area contributed by atoms with Crippen molar-refractivity contribution < 1.29 is 27.5 Å². The highest BCUT2D eigenvalue weighted by atomic mass is 35.5. The van der Waals surface area contributed by atoms with Crippen molar-refractivity contribution >= 4 is 29.9 Å². The molecule has 1 saturated heterocycles. The summed E-state index contributed by atoms with van der Waals surface area (Å²) in [6.45, 7) is 2.71. The van der Waals surface area contributed by atoms with Gasteiger partial charge in [0.15, 0.2) is 0 Å². The first-order chi connectivity index (χ1) is 12.3. The van der Waals surface area contributed by atoms with Crippen molar-refractivity contribution in [2.75, 3.05) is 51.6 Å². The molecule has 0 aliphatic carbocycles. The van der Waals surface area contributed by atoms with Gasteiger partial charge in [-0.3, -0.25) is 14.5 Å². The molecule has 152 valence electrons. The lowest BCUT2D eigenvalue weighted by atomic mass is 10.3. The van der Waals surface area contributed by atoms with Gasteiger partial charge in [0, 0.05) is 31.9 Å². The third-order valence-electron chi connectivity index (χ3n) is 3.79. The second-order valence-corrected chi connectivity index (χ2v) is 5.81. The van der Waals surface area contributed by atoms with E-state index in [1.165, 1.54) is 12.1 Å². The molecule has 2 rings (SSSR count). The van der Waals surface area contributed by atoms with Crippen molar-refractivity contribution in [1.29, 1.82) is 0 Å². The van der Waals surface area contributed by atoms with Gasteiger partial charge in [0.25, 0.3) is 0 Å². The predicted octanol–water partition coefficient (Wildman–Crippen LogP) is 1.31. The lowest BCUT2D eigenvalue weighted by molar-refractivity contribution is -0.274. The molecular formula is C16H22ClF3N4O3. The van der Waals surface area contributed by atoms with Crippen molar-refractivity contribution in [1.82, 2.24) is 15.1 Å². The van der Waals surface area contributed by atoms with Crippen LogP contribution in [-0.4, -0.2) is 74.3 Å². The largest absolute Gasteiger partial charge is 0.573 e. The van der Waals surface area contributed by atoms with Crippen LogP contribution in [0.2, 0.25) is 0 Å². The third kappa shape index (κ3) is 8.02. The lowest BCUT2D eigenvalue weighted by Gasteiger charge is -2.34. The lowest BCUT2D eigenvalue weighted by Crippen LogP contribution is -2.51. The van der Waals surface area contributed by atoms with Crippen LogP contribution in [-0.2, 0) is 9.59 Å². The van der Waals surface area contributed by atoms with Crippen molar-refractivity contribution in [2.24, 2.45) is 0 Å². The molecule has 1 aliphatic rings. The Kier molecular flexibility index (Phi) is 8.80. The van der Waals surface area contributed by atoms with Crippen LogP contribution in [0.5, 0.6) is 5.75 Å². The minimum Gasteiger partial charge on any atom is -0.406 e. The summed E-state index contributed by atoms with van der Waals surface area (Å²) in [4.78, 5) is 27.5. The van der Waals surface area contributed by atoms with Crippen LogP contribution in [0, 0.1) is 0 Å². The fourth-order valence-corrected chi connectivity index (χ4v) is 2.56. The maximum Gasteiger partial charge on any atom is 0.573 e. The average Bonchev–Trinajstić information content (AvgIpc) is 2.56. The summed E-state index contributed by atoms with van der Waals surface area (Å²) in [5.74, 6) is -0.597. The Morgan fingerprint density at radius 2 is 1.70 bits per heavy atom. The van der Waals surface area contributed by atoms with Crippen molar-refractivity contribution in [3.05, 3.63) is 24.3 Å². The number of rotatable bonds is 6. The number of hydrogen-bond donors (Lipinski definition) is 2. The maximum absolute atomic E-state index is 12.1. The van der Waals surface area contributed by atoms with E-state index >= 15 is 0 Å². The number of nitrogens with one attached hydrogen (secondary N) is 2. The van der Waals surface area contributed by atoms with Crippen molar-refractivity contribution in [3.63, 3.8) is 0 Å². The van der Waals surface area contributed by atoms with E-state index in [0.717, 1.165) is 12.1 Å². The van der Waals surface area contributed by atoms with Gasteiger partial charge in [-0.25, -0.2) is 0 Å². The monoisotopic (exact) mass is 410 g/mol. The van der Waals surface area contributed by atoms with Gasteiger partial charge in [-0.2, -0.15) is 0 Å².